The molecular formula is C12H16O4S. The first kappa shape index (κ1) is 13.7. The van der Waals surface area contributed by atoms with Crippen molar-refractivity contribution in [3.8, 4) is 0 Å². The second-order valence-corrected chi connectivity index (χ2v) is 6.80. The van der Waals surface area contributed by atoms with Gasteiger partial charge in [0.2, 0.25) is 0 Å². The lowest BCUT2D eigenvalue weighted by molar-refractivity contribution is -0.136. The molecule has 5 heteroatoms. The highest BCUT2D eigenvalue weighted by Crippen LogP contribution is 2.12. The third-order valence-electron chi connectivity index (χ3n) is 2.46. The van der Waals surface area contributed by atoms with E-state index < -0.39 is 21.1 Å². The van der Waals surface area contributed by atoms with Gasteiger partial charge in [-0.15, -0.1) is 0 Å². The number of benzene rings is 1. The Balaban J connectivity index is 2.79. The van der Waals surface area contributed by atoms with Crippen LogP contribution >= 0.6 is 0 Å². The monoisotopic (exact) mass is 256 g/mol. The highest BCUT2D eigenvalue weighted by atomic mass is 32.2. The minimum absolute atomic E-state index is 0.00197. The molecule has 1 rings (SSSR count). The van der Waals surface area contributed by atoms with E-state index >= 15 is 0 Å². The van der Waals surface area contributed by atoms with Crippen LogP contribution in [-0.4, -0.2) is 24.7 Å². The predicted octanol–water partition coefficient (Wildman–Crippen LogP) is 1.64. The lowest BCUT2D eigenvalue weighted by Gasteiger charge is -2.08. The van der Waals surface area contributed by atoms with E-state index in [0.29, 0.717) is 11.1 Å². The van der Waals surface area contributed by atoms with Gasteiger partial charge in [-0.3, -0.25) is 4.79 Å². The van der Waals surface area contributed by atoms with Crippen molar-refractivity contribution in [3.63, 3.8) is 0 Å². The Morgan fingerprint density at radius 2 is 1.65 bits per heavy atom. The first-order valence-electron chi connectivity index (χ1n) is 5.32. The second-order valence-electron chi connectivity index (χ2n) is 4.24. The number of rotatable bonds is 5. The predicted molar refractivity (Wildman–Crippen MR) is 65.5 cm³/mol. The number of aliphatic carboxylic acids is 1. The lowest BCUT2D eigenvalue weighted by Crippen LogP contribution is -2.16. The van der Waals surface area contributed by atoms with Crippen LogP contribution in [0.25, 0.3) is 0 Å². The third kappa shape index (κ3) is 4.19. The number of sulfone groups is 1. The molecule has 0 saturated carbocycles. The smallest absolute Gasteiger partial charge is 0.307 e. The topological polar surface area (TPSA) is 71.4 Å². The highest BCUT2D eigenvalue weighted by molar-refractivity contribution is 7.91. The average molecular weight is 256 g/mol. The fraction of sp³-hybridized carbons (Fsp3) is 0.417. The summed E-state index contributed by atoms with van der Waals surface area (Å²) in [5.74, 6) is -0.898. The van der Waals surface area contributed by atoms with Crippen LogP contribution in [-0.2, 0) is 26.8 Å². The van der Waals surface area contributed by atoms with E-state index in [-0.39, 0.29) is 12.2 Å². The van der Waals surface area contributed by atoms with Gasteiger partial charge in [-0.25, -0.2) is 8.42 Å². The molecule has 0 aromatic heterocycles. The zero-order chi connectivity index (χ0) is 13.1. The molecule has 1 aromatic carbocycles. The molecule has 0 atom stereocenters. The molecule has 1 N–H and O–H groups in total. The van der Waals surface area contributed by atoms with Gasteiger partial charge in [0, 0.05) is 0 Å². The molecule has 0 aliphatic carbocycles. The number of carbonyl (C=O) groups is 1. The molecule has 0 heterocycles. The quantitative estimate of drug-likeness (QED) is 0.869. The van der Waals surface area contributed by atoms with Crippen molar-refractivity contribution in [2.75, 3.05) is 0 Å². The molecule has 1 aromatic rings. The van der Waals surface area contributed by atoms with Crippen molar-refractivity contribution in [1.29, 1.82) is 0 Å². The molecular weight excluding hydrogens is 240 g/mol. The zero-order valence-electron chi connectivity index (χ0n) is 9.88. The Morgan fingerprint density at radius 3 is 2.06 bits per heavy atom. The summed E-state index contributed by atoms with van der Waals surface area (Å²) in [5.41, 5.74) is 1.36. The van der Waals surface area contributed by atoms with Gasteiger partial charge in [0.05, 0.1) is 17.4 Å². The first-order valence-corrected chi connectivity index (χ1v) is 7.04. The van der Waals surface area contributed by atoms with Crippen molar-refractivity contribution in [1.82, 2.24) is 0 Å². The minimum atomic E-state index is -3.10. The van der Waals surface area contributed by atoms with E-state index in [4.69, 9.17) is 5.11 Å². The van der Waals surface area contributed by atoms with Crippen molar-refractivity contribution >= 4 is 15.8 Å². The van der Waals surface area contributed by atoms with E-state index in [1.54, 1.807) is 38.1 Å². The minimum Gasteiger partial charge on any atom is -0.481 e. The van der Waals surface area contributed by atoms with E-state index in [0.717, 1.165) is 0 Å². The van der Waals surface area contributed by atoms with Gasteiger partial charge in [0.15, 0.2) is 9.84 Å². The molecule has 94 valence electrons. The van der Waals surface area contributed by atoms with Crippen LogP contribution in [0, 0.1) is 0 Å². The summed E-state index contributed by atoms with van der Waals surface area (Å²) in [7, 11) is -3.10. The summed E-state index contributed by atoms with van der Waals surface area (Å²) in [6, 6.07) is 6.63. The number of carboxylic acid groups (broad SMARTS) is 1. The van der Waals surface area contributed by atoms with Crippen molar-refractivity contribution in [2.45, 2.75) is 31.3 Å². The van der Waals surface area contributed by atoms with Gasteiger partial charge < -0.3 is 5.11 Å². The van der Waals surface area contributed by atoms with Crippen LogP contribution in [0.3, 0.4) is 0 Å². The van der Waals surface area contributed by atoms with Gasteiger partial charge in [-0.05, 0) is 25.0 Å². The van der Waals surface area contributed by atoms with Gasteiger partial charge >= 0.3 is 5.97 Å². The fourth-order valence-corrected chi connectivity index (χ4v) is 2.32. The summed E-state index contributed by atoms with van der Waals surface area (Å²) in [4.78, 5) is 10.5. The highest BCUT2D eigenvalue weighted by Gasteiger charge is 2.16. The van der Waals surface area contributed by atoms with Crippen LogP contribution in [0.2, 0.25) is 0 Å². The zero-order valence-corrected chi connectivity index (χ0v) is 10.7. The molecule has 17 heavy (non-hydrogen) atoms. The summed E-state index contributed by atoms with van der Waals surface area (Å²) in [6.07, 6.45) is -0.0444. The van der Waals surface area contributed by atoms with E-state index in [1.165, 1.54) is 0 Å². The summed E-state index contributed by atoms with van der Waals surface area (Å²) in [5, 5.41) is 8.20. The van der Waals surface area contributed by atoms with Crippen LogP contribution in [0.15, 0.2) is 24.3 Å². The Bertz CT molecular complexity index is 486. The molecule has 0 unspecified atom stereocenters. The van der Waals surface area contributed by atoms with Gasteiger partial charge in [0.25, 0.3) is 0 Å². The molecule has 0 aliphatic rings. The number of hydrogen-bond acceptors (Lipinski definition) is 3. The summed E-state index contributed by atoms with van der Waals surface area (Å²) >= 11 is 0. The molecule has 0 saturated heterocycles. The lowest BCUT2D eigenvalue weighted by atomic mass is 10.1. The standard InChI is InChI=1S/C12H16O4S/c1-9(2)17(15,16)8-11-5-3-10(4-6-11)7-12(13)14/h3-6,9H,7-8H2,1-2H3,(H,13,14). The molecule has 0 bridgehead atoms. The van der Waals surface area contributed by atoms with Crippen LogP contribution in [0.1, 0.15) is 25.0 Å². The number of carboxylic acids is 1. The van der Waals surface area contributed by atoms with Crippen molar-refractivity contribution < 1.29 is 18.3 Å². The van der Waals surface area contributed by atoms with Crippen molar-refractivity contribution in [3.05, 3.63) is 35.4 Å². The van der Waals surface area contributed by atoms with Gasteiger partial charge in [-0.1, -0.05) is 24.3 Å². The fourth-order valence-electron chi connectivity index (χ4n) is 1.33. The molecule has 4 nitrogen and oxygen atoms in total. The maximum absolute atomic E-state index is 11.7. The third-order valence-corrected chi connectivity index (χ3v) is 4.64. The summed E-state index contributed by atoms with van der Waals surface area (Å²) in [6.45, 7) is 3.29. The van der Waals surface area contributed by atoms with E-state index in [9.17, 15) is 13.2 Å². The molecule has 0 aliphatic heterocycles. The van der Waals surface area contributed by atoms with Crippen molar-refractivity contribution in [2.24, 2.45) is 0 Å². The average Bonchev–Trinajstić information content (AvgIpc) is 2.19. The van der Waals surface area contributed by atoms with Gasteiger partial charge in [-0.2, -0.15) is 0 Å². The Hall–Kier alpha value is -1.36. The maximum Gasteiger partial charge on any atom is 0.307 e. The van der Waals surface area contributed by atoms with E-state index in [2.05, 4.69) is 0 Å². The number of hydrogen-bond donors (Lipinski definition) is 1. The Kier molecular flexibility index (Phi) is 4.28. The van der Waals surface area contributed by atoms with Crippen LogP contribution in [0.4, 0.5) is 0 Å². The largest absolute Gasteiger partial charge is 0.481 e. The summed E-state index contributed by atoms with van der Waals surface area (Å²) < 4.78 is 23.3. The van der Waals surface area contributed by atoms with Gasteiger partial charge in [0.1, 0.15) is 0 Å². The van der Waals surface area contributed by atoms with Crippen LogP contribution in [0.5, 0.6) is 0 Å². The first-order chi connectivity index (χ1) is 7.81. The van der Waals surface area contributed by atoms with Crippen LogP contribution < -0.4 is 0 Å². The molecule has 0 amide bonds. The maximum atomic E-state index is 11.7. The Labute approximate surface area is 101 Å². The molecule has 0 radical (unpaired) electrons. The Morgan fingerprint density at radius 1 is 1.18 bits per heavy atom. The normalized spacial score (nSPS) is 11.7. The SMILES string of the molecule is CC(C)S(=O)(=O)Cc1ccc(CC(=O)O)cc1. The second kappa shape index (κ2) is 5.31. The molecule has 0 fully saturated rings. The molecule has 0 spiro atoms. The van der Waals surface area contributed by atoms with E-state index in [1.807, 2.05) is 0 Å².